The minimum Gasteiger partial charge on any atom is -1.00 e. The molecule has 0 nitrogen and oxygen atoms in total. The van der Waals surface area contributed by atoms with Crippen molar-refractivity contribution in [1.82, 2.24) is 0 Å². The first-order valence-electron chi connectivity index (χ1n) is 9.31. The van der Waals surface area contributed by atoms with Crippen molar-refractivity contribution >= 4 is 11.8 Å². The smallest absolute Gasteiger partial charge is 1.00 e. The molecule has 0 saturated carbocycles. The summed E-state index contributed by atoms with van der Waals surface area (Å²) in [4.78, 5) is 0. The van der Waals surface area contributed by atoms with E-state index < -0.39 is 0 Å². The second kappa shape index (κ2) is 11.1. The zero-order valence-electron chi connectivity index (χ0n) is 18.2. The normalized spacial score (nSPS) is 22.2. The SMILES string of the molecule is CC(C)SC1(CC2=[C-]CC=C2)CC=C(C(C)(C)C)C=C1C(C)(C)C.[Cl-].[Cl-].[Ti+3]. The van der Waals surface area contributed by atoms with Crippen LogP contribution in [0.1, 0.15) is 74.7 Å². The molecule has 0 N–H and O–H groups in total. The summed E-state index contributed by atoms with van der Waals surface area (Å²) in [5.41, 5.74) is 4.88. The first-order valence-corrected chi connectivity index (χ1v) is 10.2. The molecule has 0 aliphatic heterocycles. The number of hydrogen-bond acceptors (Lipinski definition) is 1. The second-order valence-electron chi connectivity index (χ2n) is 9.57. The van der Waals surface area contributed by atoms with Gasteiger partial charge in [-0.3, -0.25) is 6.08 Å². The molecule has 0 aromatic carbocycles. The Bertz CT molecular complexity index is 601. The van der Waals surface area contributed by atoms with Crippen LogP contribution in [-0.2, 0) is 21.7 Å². The molecule has 0 heterocycles. The van der Waals surface area contributed by atoms with Crippen LogP contribution in [-0.4, -0.2) is 10.00 Å². The fourth-order valence-electron chi connectivity index (χ4n) is 3.80. The van der Waals surface area contributed by atoms with Crippen molar-refractivity contribution in [3.63, 3.8) is 0 Å². The van der Waals surface area contributed by atoms with Crippen LogP contribution in [0, 0.1) is 16.9 Å². The fourth-order valence-corrected chi connectivity index (χ4v) is 5.62. The first kappa shape index (κ1) is 29.8. The summed E-state index contributed by atoms with van der Waals surface area (Å²) in [7, 11) is 0. The molecule has 1 atom stereocenters. The molecule has 0 saturated heterocycles. The van der Waals surface area contributed by atoms with Crippen molar-refractivity contribution in [3.8, 4) is 0 Å². The van der Waals surface area contributed by atoms with E-state index in [0.717, 1.165) is 19.3 Å². The van der Waals surface area contributed by atoms with Gasteiger partial charge in [-0.25, -0.2) is 11.6 Å². The third-order valence-electron chi connectivity index (χ3n) is 4.82. The van der Waals surface area contributed by atoms with Crippen LogP contribution < -0.4 is 24.8 Å². The predicted molar refractivity (Wildman–Crippen MR) is 110 cm³/mol. The summed E-state index contributed by atoms with van der Waals surface area (Å²) in [6, 6.07) is 0. The monoisotopic (exact) mass is 461 g/mol. The molecule has 2 rings (SSSR count). The van der Waals surface area contributed by atoms with Gasteiger partial charge in [0.2, 0.25) is 0 Å². The van der Waals surface area contributed by atoms with E-state index in [2.05, 4.69) is 97.5 Å². The van der Waals surface area contributed by atoms with Crippen molar-refractivity contribution in [2.75, 3.05) is 0 Å². The Hall–Kier alpha value is 0.604. The molecule has 2 aliphatic carbocycles. The van der Waals surface area contributed by atoms with Crippen molar-refractivity contribution in [2.24, 2.45) is 10.8 Å². The molecule has 0 spiro atoms. The first-order chi connectivity index (χ1) is 10.9. The summed E-state index contributed by atoms with van der Waals surface area (Å²) in [5.74, 6) is 0. The van der Waals surface area contributed by atoms with Gasteiger partial charge in [-0.15, -0.1) is 18.2 Å². The van der Waals surface area contributed by atoms with Crippen molar-refractivity contribution in [1.29, 1.82) is 0 Å². The van der Waals surface area contributed by atoms with Crippen molar-refractivity contribution < 1.29 is 46.5 Å². The maximum absolute atomic E-state index is 3.56. The van der Waals surface area contributed by atoms with Crippen LogP contribution in [0.25, 0.3) is 0 Å². The fraction of sp³-hybridized carbons (Fsp3) is 0.652. The predicted octanol–water partition coefficient (Wildman–Crippen LogP) is 1.30. The standard InChI is InChI=1S/C23H35S.2ClH.Ti/c1-17(2)24-23(16-18-11-9-10-12-18)14-13-19(21(3,4)5)15-20(23)22(6,7)8;;;/h9,11,13,15,17H,10,14,16H2,1-8H3;2*1H;/q-1;;;+3/p-2. The third-order valence-corrected chi connectivity index (χ3v) is 6.27. The molecule has 2 aliphatic rings. The molecule has 4 heteroatoms. The van der Waals surface area contributed by atoms with E-state index in [1.807, 2.05) is 0 Å². The molecule has 0 aromatic rings. The van der Waals surface area contributed by atoms with Gasteiger partial charge >= 0.3 is 21.7 Å². The molecule has 1 unspecified atom stereocenters. The Morgan fingerprint density at radius 2 is 1.67 bits per heavy atom. The maximum Gasteiger partial charge on any atom is 3.00 e. The summed E-state index contributed by atoms with van der Waals surface area (Å²) >= 11 is 2.15. The Balaban J connectivity index is 0. The third kappa shape index (κ3) is 7.74. The summed E-state index contributed by atoms with van der Waals surface area (Å²) in [6.07, 6.45) is 16.3. The zero-order valence-corrected chi connectivity index (χ0v) is 22.1. The van der Waals surface area contributed by atoms with Gasteiger partial charge in [0.15, 0.2) is 0 Å². The molecule has 1 radical (unpaired) electrons. The van der Waals surface area contributed by atoms with Crippen LogP contribution in [0.4, 0.5) is 0 Å². The van der Waals surface area contributed by atoms with Gasteiger partial charge in [0.25, 0.3) is 0 Å². The van der Waals surface area contributed by atoms with E-state index in [-0.39, 0.29) is 62.1 Å². The van der Waals surface area contributed by atoms with E-state index in [9.17, 15) is 0 Å². The topological polar surface area (TPSA) is 0 Å². The Morgan fingerprint density at radius 3 is 2.07 bits per heavy atom. The van der Waals surface area contributed by atoms with Crippen LogP contribution in [0.15, 0.2) is 41.0 Å². The van der Waals surface area contributed by atoms with Crippen LogP contribution >= 0.6 is 11.8 Å². The Labute approximate surface area is 199 Å². The van der Waals surface area contributed by atoms with Crippen molar-refractivity contribution in [2.45, 2.75) is 84.6 Å². The molecule has 0 bridgehead atoms. The van der Waals surface area contributed by atoms with Gasteiger partial charge in [-0.1, -0.05) is 67.5 Å². The second-order valence-corrected chi connectivity index (χ2v) is 11.5. The molecule has 0 aromatic heterocycles. The Morgan fingerprint density at radius 1 is 1.07 bits per heavy atom. The van der Waals surface area contributed by atoms with E-state index >= 15 is 0 Å². The van der Waals surface area contributed by atoms with Crippen LogP contribution in [0.2, 0.25) is 0 Å². The minimum absolute atomic E-state index is 0. The van der Waals surface area contributed by atoms with E-state index in [1.165, 1.54) is 11.1 Å². The van der Waals surface area contributed by atoms with E-state index in [4.69, 9.17) is 0 Å². The summed E-state index contributed by atoms with van der Waals surface area (Å²) in [5, 5.41) is 0.617. The summed E-state index contributed by atoms with van der Waals surface area (Å²) < 4.78 is 0.165. The molecular formula is C23H35Cl2STi. The van der Waals surface area contributed by atoms with Gasteiger partial charge in [0.1, 0.15) is 0 Å². The molecular weight excluding hydrogens is 427 g/mol. The van der Waals surface area contributed by atoms with Gasteiger partial charge in [0, 0.05) is 4.75 Å². The zero-order chi connectivity index (χ0) is 18.2. The van der Waals surface area contributed by atoms with E-state index in [1.54, 1.807) is 5.57 Å². The average Bonchev–Trinajstić information content (AvgIpc) is 2.88. The number of halogens is 2. The molecule has 151 valence electrons. The molecule has 0 amide bonds. The molecule has 0 fully saturated rings. The van der Waals surface area contributed by atoms with Gasteiger partial charge < -0.3 is 24.8 Å². The number of hydrogen-bond donors (Lipinski definition) is 0. The van der Waals surface area contributed by atoms with Gasteiger partial charge in [-0.05, 0) is 40.1 Å². The van der Waals surface area contributed by atoms with Gasteiger partial charge in [0.05, 0.1) is 0 Å². The number of thioether (sulfide) groups is 1. The Kier molecular flexibility index (Phi) is 12.3. The minimum atomic E-state index is 0. The summed E-state index contributed by atoms with van der Waals surface area (Å²) in [6.45, 7) is 18.8. The molecule has 27 heavy (non-hydrogen) atoms. The van der Waals surface area contributed by atoms with Crippen LogP contribution in [0.5, 0.6) is 0 Å². The average molecular weight is 462 g/mol. The number of allylic oxidation sites excluding steroid dienone is 7. The largest absolute Gasteiger partial charge is 3.00 e. The quantitative estimate of drug-likeness (QED) is 0.449. The number of rotatable bonds is 4. The van der Waals surface area contributed by atoms with Crippen molar-refractivity contribution in [3.05, 3.63) is 47.1 Å². The van der Waals surface area contributed by atoms with E-state index in [0.29, 0.717) is 5.25 Å². The van der Waals surface area contributed by atoms with Gasteiger partial charge in [-0.2, -0.15) is 6.08 Å². The van der Waals surface area contributed by atoms with Crippen LogP contribution in [0.3, 0.4) is 0 Å². The maximum atomic E-state index is 3.56.